The highest BCUT2D eigenvalue weighted by Gasteiger charge is 2.23. The van der Waals surface area contributed by atoms with Crippen LogP contribution in [0.15, 0.2) is 0 Å². The maximum atomic E-state index is 9.12. The van der Waals surface area contributed by atoms with E-state index in [1.54, 1.807) is 0 Å². The third-order valence-electron chi connectivity index (χ3n) is 1.90. The molecule has 10 heavy (non-hydrogen) atoms. The van der Waals surface area contributed by atoms with Crippen LogP contribution in [0.25, 0.3) is 0 Å². The van der Waals surface area contributed by atoms with Crippen molar-refractivity contribution in [1.29, 1.82) is 0 Å². The second kappa shape index (κ2) is 3.32. The van der Waals surface area contributed by atoms with Crippen LogP contribution in [-0.4, -0.2) is 30.6 Å². The van der Waals surface area contributed by atoms with Gasteiger partial charge in [-0.05, 0) is 20.4 Å². The Morgan fingerprint density at radius 1 is 1.50 bits per heavy atom. The van der Waals surface area contributed by atoms with Gasteiger partial charge in [0.2, 0.25) is 0 Å². The summed E-state index contributed by atoms with van der Waals surface area (Å²) in [7, 11) is 1.91. The van der Waals surface area contributed by atoms with Crippen LogP contribution < -0.4 is 5.32 Å². The van der Waals surface area contributed by atoms with Gasteiger partial charge in [-0.2, -0.15) is 0 Å². The predicted molar refractivity (Wildman–Crippen MR) is 38.6 cm³/mol. The molecule has 3 nitrogen and oxygen atoms in total. The quantitative estimate of drug-likeness (QED) is 0.549. The van der Waals surface area contributed by atoms with Crippen molar-refractivity contribution in [3.05, 3.63) is 0 Å². The summed E-state index contributed by atoms with van der Waals surface area (Å²) in [5.74, 6) is 0. The van der Waals surface area contributed by atoms with E-state index in [9.17, 15) is 0 Å². The third-order valence-corrected chi connectivity index (χ3v) is 1.90. The van der Waals surface area contributed by atoms with E-state index >= 15 is 0 Å². The normalized spacial score (nSPS) is 41.7. The van der Waals surface area contributed by atoms with Gasteiger partial charge in [0.25, 0.3) is 0 Å². The first-order valence-corrected chi connectivity index (χ1v) is 3.73. The van der Waals surface area contributed by atoms with Crippen LogP contribution in [0.2, 0.25) is 0 Å². The maximum Gasteiger partial charge on any atom is 0.156 e. The molecule has 3 atom stereocenters. The average Bonchev–Trinajstić information content (AvgIpc) is 1.85. The molecule has 0 aromatic carbocycles. The fourth-order valence-corrected chi connectivity index (χ4v) is 1.36. The number of hydrogen-bond donors (Lipinski definition) is 2. The molecular weight excluding hydrogens is 130 g/mol. The zero-order valence-corrected chi connectivity index (χ0v) is 6.50. The smallest absolute Gasteiger partial charge is 0.156 e. The topological polar surface area (TPSA) is 41.5 Å². The van der Waals surface area contributed by atoms with Gasteiger partial charge in [-0.3, -0.25) is 0 Å². The summed E-state index contributed by atoms with van der Waals surface area (Å²) in [6.07, 6.45) is 1.32. The molecule has 60 valence electrons. The van der Waals surface area contributed by atoms with Crippen molar-refractivity contribution in [1.82, 2.24) is 5.32 Å². The summed E-state index contributed by atoms with van der Waals surface area (Å²) in [6, 6.07) is 0.416. The SMILES string of the molecule is CNC1CC(C)OC(O)C1. The second-order valence-electron chi connectivity index (χ2n) is 2.86. The lowest BCUT2D eigenvalue weighted by molar-refractivity contribution is -0.163. The minimum Gasteiger partial charge on any atom is -0.368 e. The Labute approximate surface area is 61.4 Å². The Kier molecular flexibility index (Phi) is 2.65. The van der Waals surface area contributed by atoms with E-state index in [1.165, 1.54) is 0 Å². The van der Waals surface area contributed by atoms with Gasteiger partial charge in [0, 0.05) is 12.5 Å². The molecule has 3 unspecified atom stereocenters. The van der Waals surface area contributed by atoms with Crippen molar-refractivity contribution in [2.45, 2.75) is 38.2 Å². The van der Waals surface area contributed by atoms with E-state index in [2.05, 4.69) is 5.32 Å². The Balaban J connectivity index is 2.35. The van der Waals surface area contributed by atoms with Gasteiger partial charge in [-0.1, -0.05) is 0 Å². The molecule has 0 aromatic rings. The minimum absolute atomic E-state index is 0.182. The number of nitrogens with one attached hydrogen (secondary N) is 1. The van der Waals surface area contributed by atoms with Crippen LogP contribution in [-0.2, 0) is 4.74 Å². The van der Waals surface area contributed by atoms with Gasteiger partial charge in [0.15, 0.2) is 6.29 Å². The largest absolute Gasteiger partial charge is 0.368 e. The third kappa shape index (κ3) is 1.94. The standard InChI is InChI=1S/C7H15NO2/c1-5-3-6(8-2)4-7(9)10-5/h5-9H,3-4H2,1-2H3. The fourth-order valence-electron chi connectivity index (χ4n) is 1.36. The van der Waals surface area contributed by atoms with Gasteiger partial charge >= 0.3 is 0 Å². The van der Waals surface area contributed by atoms with E-state index in [0.717, 1.165) is 6.42 Å². The molecule has 1 aliphatic rings. The molecule has 1 aliphatic heterocycles. The number of aliphatic hydroxyl groups excluding tert-OH is 1. The highest BCUT2D eigenvalue weighted by atomic mass is 16.6. The van der Waals surface area contributed by atoms with E-state index in [4.69, 9.17) is 9.84 Å². The Hall–Kier alpha value is -0.120. The minimum atomic E-state index is -0.568. The Bertz CT molecular complexity index is 97.8. The van der Waals surface area contributed by atoms with Crippen LogP contribution >= 0.6 is 0 Å². The van der Waals surface area contributed by atoms with Crippen molar-refractivity contribution in [3.63, 3.8) is 0 Å². The van der Waals surface area contributed by atoms with Crippen molar-refractivity contribution >= 4 is 0 Å². The molecule has 0 aromatic heterocycles. The summed E-state index contributed by atoms with van der Waals surface area (Å²) in [5, 5.41) is 12.2. The van der Waals surface area contributed by atoms with Crippen molar-refractivity contribution in [3.8, 4) is 0 Å². The van der Waals surface area contributed by atoms with Gasteiger partial charge in [-0.25, -0.2) is 0 Å². The first-order valence-electron chi connectivity index (χ1n) is 3.73. The molecule has 1 rings (SSSR count). The second-order valence-corrected chi connectivity index (χ2v) is 2.86. The lowest BCUT2D eigenvalue weighted by atomic mass is 10.0. The summed E-state index contributed by atoms with van der Waals surface area (Å²) >= 11 is 0. The average molecular weight is 145 g/mol. The molecule has 1 saturated heterocycles. The molecule has 0 amide bonds. The van der Waals surface area contributed by atoms with Crippen LogP contribution in [0, 0.1) is 0 Å². The summed E-state index contributed by atoms with van der Waals surface area (Å²) in [6.45, 7) is 1.98. The number of rotatable bonds is 1. The molecule has 0 bridgehead atoms. The summed E-state index contributed by atoms with van der Waals surface area (Å²) in [4.78, 5) is 0. The maximum absolute atomic E-state index is 9.12. The Morgan fingerprint density at radius 2 is 2.20 bits per heavy atom. The predicted octanol–water partition coefficient (Wildman–Crippen LogP) is 0.0917. The lowest BCUT2D eigenvalue weighted by Gasteiger charge is -2.30. The zero-order valence-electron chi connectivity index (χ0n) is 6.50. The van der Waals surface area contributed by atoms with E-state index in [-0.39, 0.29) is 6.10 Å². The molecule has 1 fully saturated rings. The van der Waals surface area contributed by atoms with E-state index < -0.39 is 6.29 Å². The first-order chi connectivity index (χ1) is 4.72. The molecule has 0 aliphatic carbocycles. The molecule has 1 heterocycles. The van der Waals surface area contributed by atoms with E-state index in [0.29, 0.717) is 12.5 Å². The molecule has 0 saturated carbocycles. The highest BCUT2D eigenvalue weighted by Crippen LogP contribution is 2.16. The zero-order chi connectivity index (χ0) is 7.56. The lowest BCUT2D eigenvalue weighted by Crippen LogP contribution is -2.40. The Morgan fingerprint density at radius 3 is 2.70 bits per heavy atom. The van der Waals surface area contributed by atoms with Crippen molar-refractivity contribution < 1.29 is 9.84 Å². The van der Waals surface area contributed by atoms with E-state index in [1.807, 2.05) is 14.0 Å². The van der Waals surface area contributed by atoms with Gasteiger partial charge in [-0.15, -0.1) is 0 Å². The first kappa shape index (κ1) is 7.98. The van der Waals surface area contributed by atoms with Gasteiger partial charge < -0.3 is 15.2 Å². The highest BCUT2D eigenvalue weighted by molar-refractivity contribution is 4.74. The van der Waals surface area contributed by atoms with Crippen LogP contribution in [0.5, 0.6) is 0 Å². The van der Waals surface area contributed by atoms with Crippen LogP contribution in [0.1, 0.15) is 19.8 Å². The van der Waals surface area contributed by atoms with Crippen molar-refractivity contribution in [2.75, 3.05) is 7.05 Å². The molecule has 2 N–H and O–H groups in total. The summed E-state index contributed by atoms with van der Waals surface area (Å²) in [5.41, 5.74) is 0. The fraction of sp³-hybridized carbons (Fsp3) is 1.00. The molecule has 0 spiro atoms. The number of ether oxygens (including phenoxy) is 1. The van der Waals surface area contributed by atoms with Crippen LogP contribution in [0.4, 0.5) is 0 Å². The van der Waals surface area contributed by atoms with Gasteiger partial charge in [0.1, 0.15) is 0 Å². The number of aliphatic hydroxyl groups is 1. The van der Waals surface area contributed by atoms with Crippen LogP contribution in [0.3, 0.4) is 0 Å². The monoisotopic (exact) mass is 145 g/mol. The van der Waals surface area contributed by atoms with Crippen molar-refractivity contribution in [2.24, 2.45) is 0 Å². The number of hydrogen-bond acceptors (Lipinski definition) is 3. The summed E-state index contributed by atoms with van der Waals surface area (Å²) < 4.78 is 5.13. The molecule has 3 heteroatoms. The molecular formula is C7H15NO2. The molecule has 0 radical (unpaired) electrons. The van der Waals surface area contributed by atoms with Gasteiger partial charge in [0.05, 0.1) is 6.10 Å².